The molecule has 17 heavy (non-hydrogen) atoms. The molecule has 4 heteroatoms. The largest absolute Gasteiger partial charge is 0.361 e. The molecular weight excluding hydrogens is 232 g/mol. The van der Waals surface area contributed by atoms with Crippen molar-refractivity contribution in [3.05, 3.63) is 36.0 Å². The topological polar surface area (TPSA) is 36.1 Å². The molecule has 0 spiro atoms. The zero-order chi connectivity index (χ0) is 11.7. The summed E-state index contributed by atoms with van der Waals surface area (Å²) in [5, 5.41) is 1.15. The Hall–Kier alpha value is -1.42. The lowest BCUT2D eigenvalue weighted by Crippen LogP contribution is -2.37. The number of H-pyrrole nitrogens is 1. The summed E-state index contributed by atoms with van der Waals surface area (Å²) in [4.78, 5) is 17.4. The van der Waals surface area contributed by atoms with Crippen molar-refractivity contribution in [3.8, 4) is 0 Å². The van der Waals surface area contributed by atoms with Gasteiger partial charge in [0.15, 0.2) is 0 Å². The predicted octanol–water partition coefficient (Wildman–Crippen LogP) is 2.36. The summed E-state index contributed by atoms with van der Waals surface area (Å²) in [5.74, 6) is 2.26. The van der Waals surface area contributed by atoms with Crippen LogP contribution < -0.4 is 0 Å². The monoisotopic (exact) mass is 246 g/mol. The SMILES string of the molecule is O=C(c1ccc2cc[nH]c2c1)N1CCSCC1. The number of carbonyl (C=O) groups is 1. The number of nitrogens with zero attached hydrogens (tertiary/aromatic N) is 1. The van der Waals surface area contributed by atoms with Crippen LogP contribution in [-0.2, 0) is 0 Å². The Morgan fingerprint density at radius 1 is 1.24 bits per heavy atom. The number of hydrogen-bond acceptors (Lipinski definition) is 2. The Labute approximate surface area is 104 Å². The molecule has 1 N–H and O–H groups in total. The van der Waals surface area contributed by atoms with Crippen molar-refractivity contribution in [1.29, 1.82) is 0 Å². The van der Waals surface area contributed by atoms with Gasteiger partial charge in [-0.15, -0.1) is 0 Å². The number of benzene rings is 1. The molecule has 0 saturated carbocycles. The van der Waals surface area contributed by atoms with Crippen molar-refractivity contribution in [2.45, 2.75) is 0 Å². The second-order valence-corrected chi connectivity index (χ2v) is 5.41. The first-order chi connectivity index (χ1) is 8.34. The highest BCUT2D eigenvalue weighted by atomic mass is 32.2. The lowest BCUT2D eigenvalue weighted by Gasteiger charge is -2.26. The van der Waals surface area contributed by atoms with Gasteiger partial charge in [0, 0.05) is 41.9 Å². The van der Waals surface area contributed by atoms with E-state index in [1.165, 1.54) is 0 Å². The zero-order valence-corrected chi connectivity index (χ0v) is 10.3. The molecule has 0 bridgehead atoms. The summed E-state index contributed by atoms with van der Waals surface area (Å²) in [6.07, 6.45) is 1.90. The fourth-order valence-electron chi connectivity index (χ4n) is 2.13. The molecule has 1 aromatic carbocycles. The number of amides is 1. The Morgan fingerprint density at radius 2 is 2.06 bits per heavy atom. The Balaban J connectivity index is 1.88. The molecule has 0 atom stereocenters. The number of thioether (sulfide) groups is 1. The molecule has 1 aliphatic heterocycles. The van der Waals surface area contributed by atoms with E-state index in [0.29, 0.717) is 0 Å². The summed E-state index contributed by atoms with van der Waals surface area (Å²) >= 11 is 1.92. The standard InChI is InChI=1S/C13H14N2OS/c16-13(15-5-7-17-8-6-15)11-2-1-10-3-4-14-12(10)9-11/h1-4,9,14H,5-8H2. The fourth-order valence-corrected chi connectivity index (χ4v) is 3.03. The number of hydrogen-bond donors (Lipinski definition) is 1. The maximum atomic E-state index is 12.3. The lowest BCUT2D eigenvalue weighted by molar-refractivity contribution is 0.0772. The maximum absolute atomic E-state index is 12.3. The smallest absolute Gasteiger partial charge is 0.253 e. The van der Waals surface area contributed by atoms with Gasteiger partial charge in [0.05, 0.1) is 0 Å². The van der Waals surface area contributed by atoms with Gasteiger partial charge in [0.25, 0.3) is 5.91 Å². The van der Waals surface area contributed by atoms with Gasteiger partial charge in [0.2, 0.25) is 0 Å². The van der Waals surface area contributed by atoms with Crippen LogP contribution in [0.1, 0.15) is 10.4 Å². The van der Waals surface area contributed by atoms with Gasteiger partial charge < -0.3 is 9.88 Å². The van der Waals surface area contributed by atoms with Crippen LogP contribution in [0.25, 0.3) is 10.9 Å². The van der Waals surface area contributed by atoms with Crippen molar-refractivity contribution in [2.75, 3.05) is 24.6 Å². The Morgan fingerprint density at radius 3 is 2.88 bits per heavy atom. The summed E-state index contributed by atoms with van der Waals surface area (Å²) < 4.78 is 0. The molecule has 3 rings (SSSR count). The lowest BCUT2D eigenvalue weighted by atomic mass is 10.1. The minimum absolute atomic E-state index is 0.154. The number of carbonyl (C=O) groups excluding carboxylic acids is 1. The second kappa shape index (κ2) is 4.45. The summed E-state index contributed by atoms with van der Waals surface area (Å²) in [7, 11) is 0. The van der Waals surface area contributed by atoms with E-state index >= 15 is 0 Å². The van der Waals surface area contributed by atoms with E-state index in [4.69, 9.17) is 0 Å². The highest BCUT2D eigenvalue weighted by Crippen LogP contribution is 2.17. The van der Waals surface area contributed by atoms with Crippen LogP contribution in [0.15, 0.2) is 30.5 Å². The van der Waals surface area contributed by atoms with Gasteiger partial charge in [-0.05, 0) is 23.6 Å². The van der Waals surface area contributed by atoms with Crippen LogP contribution in [0.4, 0.5) is 0 Å². The van der Waals surface area contributed by atoms with Crippen LogP contribution in [-0.4, -0.2) is 40.4 Å². The third-order valence-electron chi connectivity index (χ3n) is 3.10. The highest BCUT2D eigenvalue weighted by Gasteiger charge is 2.18. The Kier molecular flexibility index (Phi) is 2.81. The number of aromatic amines is 1. The fraction of sp³-hybridized carbons (Fsp3) is 0.308. The minimum Gasteiger partial charge on any atom is -0.361 e. The zero-order valence-electron chi connectivity index (χ0n) is 9.48. The molecule has 1 fully saturated rings. The number of rotatable bonds is 1. The van der Waals surface area contributed by atoms with Crippen molar-refractivity contribution >= 4 is 28.6 Å². The van der Waals surface area contributed by atoms with E-state index in [2.05, 4.69) is 4.98 Å². The molecule has 1 aromatic heterocycles. The second-order valence-electron chi connectivity index (χ2n) is 4.18. The van der Waals surface area contributed by atoms with Crippen LogP contribution >= 0.6 is 11.8 Å². The first-order valence-electron chi connectivity index (χ1n) is 5.79. The number of nitrogens with one attached hydrogen (secondary N) is 1. The van der Waals surface area contributed by atoms with Crippen molar-refractivity contribution in [1.82, 2.24) is 9.88 Å². The van der Waals surface area contributed by atoms with Gasteiger partial charge in [-0.25, -0.2) is 0 Å². The van der Waals surface area contributed by atoms with Crippen molar-refractivity contribution < 1.29 is 4.79 Å². The number of fused-ring (bicyclic) bond motifs is 1. The molecule has 2 heterocycles. The van der Waals surface area contributed by atoms with E-state index < -0.39 is 0 Å². The molecule has 0 aliphatic carbocycles. The van der Waals surface area contributed by atoms with Crippen LogP contribution in [0.2, 0.25) is 0 Å². The van der Waals surface area contributed by atoms with Gasteiger partial charge in [-0.3, -0.25) is 4.79 Å². The van der Waals surface area contributed by atoms with E-state index in [-0.39, 0.29) is 5.91 Å². The van der Waals surface area contributed by atoms with Crippen LogP contribution in [0.5, 0.6) is 0 Å². The average molecular weight is 246 g/mol. The average Bonchev–Trinajstić information content (AvgIpc) is 2.86. The van der Waals surface area contributed by atoms with Gasteiger partial charge in [0.1, 0.15) is 0 Å². The quantitative estimate of drug-likeness (QED) is 0.838. The molecule has 2 aromatic rings. The molecule has 3 nitrogen and oxygen atoms in total. The third-order valence-corrected chi connectivity index (χ3v) is 4.04. The Bertz CT molecular complexity index is 543. The van der Waals surface area contributed by atoms with Crippen molar-refractivity contribution in [2.24, 2.45) is 0 Å². The molecule has 1 saturated heterocycles. The van der Waals surface area contributed by atoms with Gasteiger partial charge in [-0.1, -0.05) is 6.07 Å². The van der Waals surface area contributed by atoms with Gasteiger partial charge >= 0.3 is 0 Å². The first-order valence-corrected chi connectivity index (χ1v) is 6.94. The number of aromatic nitrogens is 1. The molecule has 88 valence electrons. The van der Waals surface area contributed by atoms with Crippen LogP contribution in [0, 0.1) is 0 Å². The molecular formula is C13H14N2OS. The van der Waals surface area contributed by atoms with Gasteiger partial charge in [-0.2, -0.15) is 11.8 Å². The van der Waals surface area contributed by atoms with Crippen molar-refractivity contribution in [3.63, 3.8) is 0 Å². The summed E-state index contributed by atoms with van der Waals surface area (Å²) in [6, 6.07) is 7.87. The molecule has 0 radical (unpaired) electrons. The van der Waals surface area contributed by atoms with E-state index in [1.54, 1.807) is 0 Å². The first kappa shape index (κ1) is 10.7. The van der Waals surface area contributed by atoms with E-state index in [9.17, 15) is 4.79 Å². The maximum Gasteiger partial charge on any atom is 0.253 e. The highest BCUT2D eigenvalue weighted by molar-refractivity contribution is 7.99. The van der Waals surface area contributed by atoms with E-state index in [1.807, 2.05) is 47.1 Å². The molecule has 1 aliphatic rings. The molecule has 1 amide bonds. The minimum atomic E-state index is 0.154. The summed E-state index contributed by atoms with van der Waals surface area (Å²) in [5.41, 5.74) is 1.81. The summed E-state index contributed by atoms with van der Waals surface area (Å²) in [6.45, 7) is 1.73. The third kappa shape index (κ3) is 2.05. The van der Waals surface area contributed by atoms with E-state index in [0.717, 1.165) is 41.1 Å². The predicted molar refractivity (Wildman–Crippen MR) is 71.5 cm³/mol. The van der Waals surface area contributed by atoms with Crippen LogP contribution in [0.3, 0.4) is 0 Å². The normalized spacial score (nSPS) is 16.4. The molecule has 0 unspecified atom stereocenters.